The maximum atomic E-state index is 13.2. The van der Waals surface area contributed by atoms with E-state index in [0.29, 0.717) is 16.9 Å². The number of imidazole rings is 1. The summed E-state index contributed by atoms with van der Waals surface area (Å²) in [6.07, 6.45) is -3.63. The number of pyridine rings is 2. The molecule has 1 aliphatic heterocycles. The van der Waals surface area contributed by atoms with Crippen molar-refractivity contribution in [2.75, 3.05) is 13.1 Å². The molecule has 0 N–H and O–H groups in total. The van der Waals surface area contributed by atoms with Crippen LogP contribution in [0.25, 0.3) is 16.9 Å². The van der Waals surface area contributed by atoms with Crippen molar-refractivity contribution in [1.29, 1.82) is 0 Å². The van der Waals surface area contributed by atoms with Crippen LogP contribution in [0, 0.1) is 6.92 Å². The number of hydrogen-bond donors (Lipinski definition) is 0. The predicted molar refractivity (Wildman–Crippen MR) is 98.7 cm³/mol. The molecule has 0 aromatic carbocycles. The average molecular weight is 421 g/mol. The number of aryl methyl sites for hydroxylation is 1. The molecule has 1 saturated heterocycles. The third-order valence-corrected chi connectivity index (χ3v) is 4.90. The van der Waals surface area contributed by atoms with Crippen LogP contribution in [-0.2, 0) is 11.0 Å². The van der Waals surface area contributed by atoms with Gasteiger partial charge in [0.25, 0.3) is 5.91 Å². The van der Waals surface area contributed by atoms with Gasteiger partial charge >= 0.3 is 11.9 Å². The molecule has 3 aromatic heterocycles. The second kappa shape index (κ2) is 6.78. The number of fused-ring (bicyclic) bond motifs is 1. The van der Waals surface area contributed by atoms with Crippen LogP contribution in [0.2, 0.25) is 0 Å². The zero-order valence-corrected chi connectivity index (χ0v) is 15.6. The van der Waals surface area contributed by atoms with Gasteiger partial charge in [-0.25, -0.2) is 19.2 Å². The van der Waals surface area contributed by atoms with Gasteiger partial charge in [-0.2, -0.15) is 13.2 Å². The molecule has 1 aliphatic rings. The van der Waals surface area contributed by atoms with Crippen LogP contribution in [0.1, 0.15) is 17.4 Å². The van der Waals surface area contributed by atoms with Gasteiger partial charge in [0.2, 0.25) is 0 Å². The smallest absolute Gasteiger partial charge is 0.332 e. The number of likely N-dealkylation sites (tertiary alicyclic amines) is 1. The van der Waals surface area contributed by atoms with E-state index in [0.717, 1.165) is 18.3 Å². The molecular formula is C19H15F4N5O2. The summed E-state index contributed by atoms with van der Waals surface area (Å²) in [6.45, 7) is 4.87. The van der Waals surface area contributed by atoms with E-state index < -0.39 is 35.3 Å². The largest absolute Gasteiger partial charge is 0.433 e. The van der Waals surface area contributed by atoms with Crippen LogP contribution in [0.3, 0.4) is 0 Å². The van der Waals surface area contributed by atoms with Gasteiger partial charge in [0.05, 0.1) is 23.4 Å². The number of nitrogens with zero attached hydrogens (tertiary/aromatic N) is 5. The number of rotatable bonds is 3. The molecular weight excluding hydrogens is 406 g/mol. The van der Waals surface area contributed by atoms with E-state index in [-0.39, 0.29) is 18.8 Å². The minimum absolute atomic E-state index is 0.0850. The lowest BCUT2D eigenvalue weighted by atomic mass is 10.1. The van der Waals surface area contributed by atoms with E-state index in [2.05, 4.69) is 16.5 Å². The normalized spacial score (nSPS) is 14.8. The van der Waals surface area contributed by atoms with Gasteiger partial charge in [0.15, 0.2) is 11.5 Å². The number of aromatic nitrogens is 4. The molecule has 11 heteroatoms. The quantitative estimate of drug-likeness (QED) is 0.482. The Morgan fingerprint density at radius 2 is 1.90 bits per heavy atom. The fourth-order valence-corrected chi connectivity index (χ4v) is 3.41. The SMILES string of the molecule is C=C(F)C(=O)N1CC(n2c(=O)n(-c3ccc(C(F)(F)F)nc3)c3ccc(C)nc32)C1. The second-order valence-electron chi connectivity index (χ2n) is 6.95. The summed E-state index contributed by atoms with van der Waals surface area (Å²) >= 11 is 0. The fraction of sp³-hybridized carbons (Fsp3) is 0.263. The molecule has 156 valence electrons. The van der Waals surface area contributed by atoms with Gasteiger partial charge in [-0.1, -0.05) is 6.58 Å². The van der Waals surface area contributed by atoms with Crippen molar-refractivity contribution in [3.8, 4) is 5.69 Å². The number of hydrogen-bond acceptors (Lipinski definition) is 4. The van der Waals surface area contributed by atoms with Crippen molar-refractivity contribution in [3.63, 3.8) is 0 Å². The molecule has 1 fully saturated rings. The average Bonchev–Trinajstić information content (AvgIpc) is 2.91. The number of amides is 1. The Morgan fingerprint density at radius 3 is 2.47 bits per heavy atom. The molecule has 4 rings (SSSR count). The fourth-order valence-electron chi connectivity index (χ4n) is 3.41. The lowest BCUT2D eigenvalue weighted by Gasteiger charge is -2.39. The van der Waals surface area contributed by atoms with Gasteiger partial charge in [0.1, 0.15) is 5.69 Å². The number of carbonyl (C=O) groups excluding carboxylic acids is 1. The number of halogens is 4. The Morgan fingerprint density at radius 1 is 1.20 bits per heavy atom. The Hall–Kier alpha value is -3.50. The molecule has 0 bridgehead atoms. The molecule has 0 spiro atoms. The lowest BCUT2D eigenvalue weighted by molar-refractivity contribution is -0.141. The highest BCUT2D eigenvalue weighted by molar-refractivity contribution is 5.91. The highest BCUT2D eigenvalue weighted by Crippen LogP contribution is 2.29. The van der Waals surface area contributed by atoms with Gasteiger partial charge in [-0.05, 0) is 31.2 Å². The highest BCUT2D eigenvalue weighted by atomic mass is 19.4. The molecule has 0 aliphatic carbocycles. The minimum atomic E-state index is -4.60. The number of carbonyl (C=O) groups is 1. The first-order valence-corrected chi connectivity index (χ1v) is 8.86. The summed E-state index contributed by atoms with van der Waals surface area (Å²) in [7, 11) is 0. The van der Waals surface area contributed by atoms with E-state index in [4.69, 9.17) is 0 Å². The summed E-state index contributed by atoms with van der Waals surface area (Å²) in [6, 6.07) is 4.80. The Balaban J connectivity index is 1.79. The first kappa shape index (κ1) is 19.8. The molecule has 30 heavy (non-hydrogen) atoms. The molecule has 7 nitrogen and oxygen atoms in total. The summed E-state index contributed by atoms with van der Waals surface area (Å²) in [4.78, 5) is 33.9. The molecule has 3 aromatic rings. The van der Waals surface area contributed by atoms with Crippen LogP contribution in [0.4, 0.5) is 17.6 Å². The van der Waals surface area contributed by atoms with Gasteiger partial charge in [0, 0.05) is 18.8 Å². The lowest BCUT2D eigenvalue weighted by Crippen LogP contribution is -2.52. The first-order chi connectivity index (χ1) is 14.1. The van der Waals surface area contributed by atoms with Crippen LogP contribution >= 0.6 is 0 Å². The van der Waals surface area contributed by atoms with Gasteiger partial charge < -0.3 is 4.90 Å². The third kappa shape index (κ3) is 3.15. The van der Waals surface area contributed by atoms with Crippen molar-refractivity contribution in [3.05, 3.63) is 64.7 Å². The molecule has 0 atom stereocenters. The zero-order chi connectivity index (χ0) is 21.8. The van der Waals surface area contributed by atoms with Gasteiger partial charge in [-0.3, -0.25) is 13.9 Å². The van der Waals surface area contributed by atoms with E-state index in [1.165, 1.54) is 14.0 Å². The van der Waals surface area contributed by atoms with Crippen LogP contribution in [0.5, 0.6) is 0 Å². The van der Waals surface area contributed by atoms with Crippen molar-refractivity contribution >= 4 is 17.1 Å². The van der Waals surface area contributed by atoms with Crippen molar-refractivity contribution in [2.45, 2.75) is 19.1 Å². The first-order valence-electron chi connectivity index (χ1n) is 8.86. The van der Waals surface area contributed by atoms with Crippen LogP contribution in [-0.4, -0.2) is 43.0 Å². The Bertz CT molecular complexity index is 1220. The molecule has 0 radical (unpaired) electrons. The Kier molecular flexibility index (Phi) is 4.48. The highest BCUT2D eigenvalue weighted by Gasteiger charge is 2.36. The summed E-state index contributed by atoms with van der Waals surface area (Å²) in [5.74, 6) is -1.94. The second-order valence-corrected chi connectivity index (χ2v) is 6.95. The summed E-state index contributed by atoms with van der Waals surface area (Å²) in [5, 5.41) is 0. The third-order valence-electron chi connectivity index (χ3n) is 4.90. The summed E-state index contributed by atoms with van der Waals surface area (Å²) in [5.41, 5.74) is -0.143. The topological polar surface area (TPSA) is 73.0 Å². The van der Waals surface area contributed by atoms with Crippen molar-refractivity contribution in [2.24, 2.45) is 0 Å². The molecule has 0 unspecified atom stereocenters. The molecule has 1 amide bonds. The zero-order valence-electron chi connectivity index (χ0n) is 15.6. The van der Waals surface area contributed by atoms with E-state index in [9.17, 15) is 27.2 Å². The standard InChI is InChI=1S/C19H15F4N5O2/c1-10-3-5-14-16(25-10)28(13-8-26(9-13)17(29)11(2)20)18(30)27(14)12-4-6-15(24-7-12)19(21,22)23/h3-7,13H,2,8-9H2,1H3. The maximum absolute atomic E-state index is 13.2. The monoisotopic (exact) mass is 421 g/mol. The van der Waals surface area contributed by atoms with Crippen LogP contribution in [0.15, 0.2) is 47.7 Å². The number of alkyl halides is 3. The van der Waals surface area contributed by atoms with Crippen LogP contribution < -0.4 is 5.69 Å². The molecule has 0 saturated carbocycles. The van der Waals surface area contributed by atoms with E-state index >= 15 is 0 Å². The van der Waals surface area contributed by atoms with Gasteiger partial charge in [-0.15, -0.1) is 0 Å². The van der Waals surface area contributed by atoms with E-state index in [1.54, 1.807) is 19.1 Å². The Labute approximate surface area is 166 Å². The van der Waals surface area contributed by atoms with E-state index in [1.807, 2.05) is 0 Å². The minimum Gasteiger partial charge on any atom is -0.332 e. The summed E-state index contributed by atoms with van der Waals surface area (Å²) < 4.78 is 54.1. The molecule has 4 heterocycles. The predicted octanol–water partition coefficient (Wildman–Crippen LogP) is 2.78. The van der Waals surface area contributed by atoms with Crippen molar-refractivity contribution < 1.29 is 22.4 Å². The maximum Gasteiger partial charge on any atom is 0.433 e. The van der Waals surface area contributed by atoms with Crippen molar-refractivity contribution in [1.82, 2.24) is 24.0 Å².